The molecule has 0 unspecified atom stereocenters. The van der Waals surface area contributed by atoms with Crippen LogP contribution in [0.25, 0.3) is 10.1 Å². The summed E-state index contributed by atoms with van der Waals surface area (Å²) in [7, 11) is -1.04. The molecular weight excluding hydrogens is 476 g/mol. The number of sulfonamides is 1. The largest absolute Gasteiger partial charge is 0.495 e. The van der Waals surface area contributed by atoms with Crippen LogP contribution in [0.3, 0.4) is 0 Å². The number of carbonyl (C=O) groups is 2. The zero-order valence-electron chi connectivity index (χ0n) is 19.2. The minimum Gasteiger partial charge on any atom is -0.495 e. The van der Waals surface area contributed by atoms with Gasteiger partial charge in [0.15, 0.2) is 0 Å². The van der Waals surface area contributed by atoms with Crippen LogP contribution in [0.5, 0.6) is 5.75 Å². The Morgan fingerprint density at radius 1 is 1.12 bits per heavy atom. The number of piperidine rings is 1. The predicted molar refractivity (Wildman–Crippen MR) is 131 cm³/mol. The maximum atomic E-state index is 13.4. The number of nitrogens with one attached hydrogen (secondary N) is 1. The van der Waals surface area contributed by atoms with E-state index in [0.29, 0.717) is 30.0 Å². The molecule has 0 bridgehead atoms. The SMILES string of the molecule is COC(=O)c1cc2cc(NC(=O)[C@@H]3CCCN(S(=O)(=O)c4cc(C)ccc4OC)C3)ccc2s1. The van der Waals surface area contributed by atoms with Crippen LogP contribution in [0.4, 0.5) is 5.69 Å². The topological polar surface area (TPSA) is 102 Å². The number of esters is 1. The monoisotopic (exact) mass is 502 g/mol. The number of nitrogens with zero attached hydrogens (tertiary/aromatic N) is 1. The van der Waals surface area contributed by atoms with Gasteiger partial charge in [-0.3, -0.25) is 4.79 Å². The number of anilines is 1. The first-order chi connectivity index (χ1) is 16.2. The molecule has 2 aromatic carbocycles. The number of amides is 1. The summed E-state index contributed by atoms with van der Waals surface area (Å²) in [5.74, 6) is -0.838. The molecule has 10 heteroatoms. The molecule has 8 nitrogen and oxygen atoms in total. The third-order valence-corrected chi connectivity index (χ3v) is 8.84. The molecule has 1 aromatic heterocycles. The van der Waals surface area contributed by atoms with Crippen molar-refractivity contribution in [2.24, 2.45) is 5.92 Å². The highest BCUT2D eigenvalue weighted by Gasteiger charge is 2.35. The lowest BCUT2D eigenvalue weighted by Crippen LogP contribution is -2.43. The summed E-state index contributed by atoms with van der Waals surface area (Å²) in [4.78, 5) is 25.4. The first-order valence-electron chi connectivity index (χ1n) is 10.8. The summed E-state index contributed by atoms with van der Waals surface area (Å²) in [6, 6.07) is 12.2. The maximum Gasteiger partial charge on any atom is 0.348 e. The van der Waals surface area contributed by atoms with Crippen molar-refractivity contribution in [1.82, 2.24) is 4.31 Å². The van der Waals surface area contributed by atoms with Gasteiger partial charge < -0.3 is 14.8 Å². The summed E-state index contributed by atoms with van der Waals surface area (Å²) in [5.41, 5.74) is 1.40. The number of thiophene rings is 1. The highest BCUT2D eigenvalue weighted by Crippen LogP contribution is 2.32. The first-order valence-corrected chi connectivity index (χ1v) is 13.1. The molecule has 1 N–H and O–H groups in total. The van der Waals surface area contributed by atoms with E-state index in [1.54, 1.807) is 36.4 Å². The summed E-state index contributed by atoms with van der Waals surface area (Å²) < 4.78 is 39.0. The summed E-state index contributed by atoms with van der Waals surface area (Å²) in [5, 5.41) is 3.72. The van der Waals surface area contributed by atoms with Gasteiger partial charge in [0, 0.05) is 23.5 Å². The number of methoxy groups -OCH3 is 2. The summed E-state index contributed by atoms with van der Waals surface area (Å²) in [6.07, 6.45) is 1.17. The molecule has 3 aromatic rings. The second-order valence-corrected chi connectivity index (χ2v) is 11.2. The van der Waals surface area contributed by atoms with Crippen LogP contribution in [0, 0.1) is 12.8 Å². The third-order valence-electron chi connectivity index (χ3n) is 5.86. The van der Waals surface area contributed by atoms with Crippen LogP contribution in [-0.4, -0.2) is 51.9 Å². The van der Waals surface area contributed by atoms with Gasteiger partial charge in [0.1, 0.15) is 15.5 Å². The van der Waals surface area contributed by atoms with Crippen LogP contribution in [0.1, 0.15) is 28.1 Å². The first kappa shape index (κ1) is 24.2. The van der Waals surface area contributed by atoms with E-state index in [-0.39, 0.29) is 23.1 Å². The van der Waals surface area contributed by atoms with E-state index in [1.807, 2.05) is 13.0 Å². The zero-order valence-corrected chi connectivity index (χ0v) is 20.8. The number of aryl methyl sites for hydroxylation is 1. The van der Waals surface area contributed by atoms with E-state index < -0.39 is 21.9 Å². The number of carbonyl (C=O) groups excluding carboxylic acids is 2. The molecule has 34 heavy (non-hydrogen) atoms. The minimum absolute atomic E-state index is 0.0957. The Bertz CT molecular complexity index is 1350. The van der Waals surface area contributed by atoms with Crippen molar-refractivity contribution in [3.05, 3.63) is 52.9 Å². The number of hydrogen-bond donors (Lipinski definition) is 1. The second-order valence-electron chi connectivity index (χ2n) is 8.20. The van der Waals surface area contributed by atoms with Crippen molar-refractivity contribution < 1.29 is 27.5 Å². The number of ether oxygens (including phenoxy) is 2. The van der Waals surface area contributed by atoms with E-state index in [4.69, 9.17) is 9.47 Å². The average Bonchev–Trinajstić information content (AvgIpc) is 3.27. The normalized spacial score (nSPS) is 16.9. The van der Waals surface area contributed by atoms with E-state index in [9.17, 15) is 18.0 Å². The van der Waals surface area contributed by atoms with E-state index in [1.165, 1.54) is 29.9 Å². The molecule has 1 amide bonds. The smallest absolute Gasteiger partial charge is 0.348 e. The molecule has 1 aliphatic heterocycles. The zero-order chi connectivity index (χ0) is 24.5. The predicted octanol–water partition coefficient (Wildman–Crippen LogP) is 4.04. The van der Waals surface area contributed by atoms with Crippen molar-refractivity contribution in [3.8, 4) is 5.75 Å². The fraction of sp³-hybridized carbons (Fsp3) is 0.333. The van der Waals surface area contributed by atoms with Gasteiger partial charge in [0.25, 0.3) is 0 Å². The van der Waals surface area contributed by atoms with Crippen LogP contribution >= 0.6 is 11.3 Å². The van der Waals surface area contributed by atoms with Gasteiger partial charge in [-0.05, 0) is 67.1 Å². The van der Waals surface area contributed by atoms with E-state index >= 15 is 0 Å². The van der Waals surface area contributed by atoms with Gasteiger partial charge in [-0.15, -0.1) is 11.3 Å². The van der Waals surface area contributed by atoms with Crippen LogP contribution in [0.15, 0.2) is 47.4 Å². The Balaban J connectivity index is 1.50. The van der Waals surface area contributed by atoms with Crippen molar-refractivity contribution >= 4 is 49.0 Å². The molecule has 1 aliphatic rings. The third kappa shape index (κ3) is 4.79. The number of benzene rings is 2. The van der Waals surface area contributed by atoms with Crippen molar-refractivity contribution in [2.75, 3.05) is 32.6 Å². The molecule has 0 radical (unpaired) electrons. The van der Waals surface area contributed by atoms with Crippen LogP contribution < -0.4 is 10.1 Å². The molecule has 1 saturated heterocycles. The Morgan fingerprint density at radius 2 is 1.91 bits per heavy atom. The highest BCUT2D eigenvalue weighted by atomic mass is 32.2. The number of hydrogen-bond acceptors (Lipinski definition) is 7. The van der Waals surface area contributed by atoms with Gasteiger partial charge in [0.05, 0.1) is 20.1 Å². The Morgan fingerprint density at radius 3 is 2.65 bits per heavy atom. The molecular formula is C24H26N2O6S2. The molecule has 0 saturated carbocycles. The summed E-state index contributed by atoms with van der Waals surface area (Å²) in [6.45, 7) is 2.27. The maximum absolute atomic E-state index is 13.4. The fourth-order valence-electron chi connectivity index (χ4n) is 4.07. The van der Waals surface area contributed by atoms with Crippen LogP contribution in [-0.2, 0) is 19.6 Å². The summed E-state index contributed by atoms with van der Waals surface area (Å²) >= 11 is 1.32. The van der Waals surface area contributed by atoms with Gasteiger partial charge >= 0.3 is 5.97 Å². The van der Waals surface area contributed by atoms with Crippen molar-refractivity contribution in [1.29, 1.82) is 0 Å². The number of fused-ring (bicyclic) bond motifs is 1. The molecule has 0 aliphatic carbocycles. The molecule has 4 rings (SSSR count). The second kappa shape index (κ2) is 9.73. The van der Waals surface area contributed by atoms with E-state index in [2.05, 4.69) is 5.32 Å². The van der Waals surface area contributed by atoms with Crippen molar-refractivity contribution in [2.45, 2.75) is 24.7 Å². The van der Waals surface area contributed by atoms with E-state index in [0.717, 1.165) is 15.6 Å². The lowest BCUT2D eigenvalue weighted by atomic mass is 9.98. The molecule has 180 valence electrons. The minimum atomic E-state index is -3.82. The Hall–Kier alpha value is -2.95. The fourth-order valence-corrected chi connectivity index (χ4v) is 6.79. The Labute approximate surface area is 202 Å². The van der Waals surface area contributed by atoms with Crippen molar-refractivity contribution in [3.63, 3.8) is 0 Å². The highest BCUT2D eigenvalue weighted by molar-refractivity contribution is 7.89. The van der Waals surface area contributed by atoms with Gasteiger partial charge in [-0.2, -0.15) is 4.31 Å². The van der Waals surface area contributed by atoms with Gasteiger partial charge in [-0.1, -0.05) is 6.07 Å². The molecule has 1 atom stereocenters. The lowest BCUT2D eigenvalue weighted by molar-refractivity contribution is -0.120. The average molecular weight is 503 g/mol. The van der Waals surface area contributed by atoms with Gasteiger partial charge in [0.2, 0.25) is 15.9 Å². The molecule has 1 fully saturated rings. The standard InChI is InChI=1S/C24H26N2O6S2/c1-15-6-8-19(31-2)22(11-15)34(29,30)26-10-4-5-16(14-26)23(27)25-18-7-9-20-17(12-18)13-21(33-20)24(28)32-3/h6-9,11-13,16H,4-5,10,14H2,1-3H3,(H,25,27)/t16-/m1/s1. The van der Waals surface area contributed by atoms with Crippen LogP contribution in [0.2, 0.25) is 0 Å². The molecule has 2 heterocycles. The Kier molecular flexibility index (Phi) is 6.92. The van der Waals surface area contributed by atoms with Gasteiger partial charge in [-0.25, -0.2) is 13.2 Å². The lowest BCUT2D eigenvalue weighted by Gasteiger charge is -2.31. The number of rotatable bonds is 6. The molecule has 0 spiro atoms. The quantitative estimate of drug-likeness (QED) is 0.511.